The number of aliphatic hydroxyl groups excluding tert-OH is 1. The molecule has 4 saturated carbocycles. The average Bonchev–Trinajstić information content (AvgIpc) is 1.11. The second kappa shape index (κ2) is 26.2. The summed E-state index contributed by atoms with van der Waals surface area (Å²) in [4.78, 5) is 26.8. The van der Waals surface area contributed by atoms with E-state index in [4.69, 9.17) is 29.7 Å². The minimum Gasteiger partial charge on any atom is -0.504 e. The van der Waals surface area contributed by atoms with Crippen LogP contribution in [0.15, 0.2) is 108 Å². The fourth-order valence-electron chi connectivity index (χ4n) is 18.6. The summed E-state index contributed by atoms with van der Waals surface area (Å²) >= 11 is 0. The summed E-state index contributed by atoms with van der Waals surface area (Å²) in [5.41, 5.74) is 9.17. The molecule has 19 heteroatoms. The van der Waals surface area contributed by atoms with Gasteiger partial charge in [0.05, 0.1) is 47.5 Å². The molecular weight excluding hydrogens is 1170 g/mol. The first-order chi connectivity index (χ1) is 45.2. The van der Waals surface area contributed by atoms with Crippen LogP contribution in [-0.2, 0) is 27.1 Å². The van der Waals surface area contributed by atoms with Crippen LogP contribution in [0.1, 0.15) is 151 Å². The highest BCUT2D eigenvalue weighted by atomic mass is 16.6. The number of fused-ring (bicyclic) bond motifs is 6. The molecule has 2 spiro atoms. The summed E-state index contributed by atoms with van der Waals surface area (Å²) in [6.45, 7) is 3.76. The number of aromatic hydroxyl groups is 3. The summed E-state index contributed by atoms with van der Waals surface area (Å²) in [6.07, 6.45) is 25.6. The number of aliphatic hydroxyl groups is 1. The van der Waals surface area contributed by atoms with Crippen molar-refractivity contribution in [3.8, 4) is 52.4 Å². The maximum Gasteiger partial charge on any atom is 0.302 e. The Bertz CT molecular complexity index is 3750. The quantitative estimate of drug-likeness (QED) is 0.0281. The standard InChI is InChI=1S/C74H92N10O9/c1-46(85)91-54-37-61(52-35-59(87)67(88)63(36-52)90-32-22-47-11-10-29-77-41-47)93-64(38-54)71-23-7-13-50-12-3-4-15-56(50)81-69(89)66-68(84-43-51-21-31-78-57(51)44-84)82-70(83-74(66)27-9-16-60(55(74)14-8-24-71)92-62-33-48(39-71)17-18-58(62)86)80-45-73(40-49-20-30-79-65(75)34-49)53(42-76-2)19-28-72(73)25-5-6-26-72/h10-11,17-18,20-21,29,31,33-36,41,43-44,50,53-56,60-61,64,66,68-69,76,78-79,81,86-89H,3-6,9,12,15-16,19,22-28,30,32,37-40,42,45,75H2,1-2H3,(H2,80,82,83). The number of nitrogens with one attached hydrogen (secondary N) is 6. The lowest BCUT2D eigenvalue weighted by molar-refractivity contribution is -0.174. The molecule has 14 rings (SSSR count). The number of carbonyl (C=O) groups excluding carboxylic acids is 1. The number of carbonyl (C=O) groups is 1. The van der Waals surface area contributed by atoms with Crippen molar-refractivity contribution in [2.24, 2.45) is 50.6 Å². The van der Waals surface area contributed by atoms with Gasteiger partial charge in [-0.3, -0.25) is 20.1 Å². The van der Waals surface area contributed by atoms with Crippen LogP contribution in [0.4, 0.5) is 0 Å². The molecule has 5 aliphatic heterocycles. The van der Waals surface area contributed by atoms with Gasteiger partial charge in [0.2, 0.25) is 5.75 Å². The van der Waals surface area contributed by atoms with Gasteiger partial charge in [-0.05, 0) is 160 Å². The van der Waals surface area contributed by atoms with Crippen molar-refractivity contribution in [2.45, 2.75) is 184 Å². The number of aromatic amines is 1. The van der Waals surface area contributed by atoms with Gasteiger partial charge in [-0.1, -0.05) is 55.7 Å². The lowest BCUT2D eigenvalue weighted by Gasteiger charge is -2.57. The smallest absolute Gasteiger partial charge is 0.302 e. The van der Waals surface area contributed by atoms with E-state index in [9.17, 15) is 25.2 Å². The Hall–Kier alpha value is -7.81. The molecule has 12 N–H and O–H groups in total. The lowest BCUT2D eigenvalue weighted by atomic mass is 9.58. The molecule has 6 fully saturated rings. The molecule has 5 aromatic rings. The van der Waals surface area contributed by atoms with Gasteiger partial charge in [0.25, 0.3) is 0 Å². The second-order valence-electron chi connectivity index (χ2n) is 28.5. The zero-order valence-corrected chi connectivity index (χ0v) is 53.7. The molecule has 2 aromatic carbocycles. The topological polar surface area (TPSA) is 267 Å². The van der Waals surface area contributed by atoms with Gasteiger partial charge >= 0.3 is 5.97 Å². The minimum absolute atomic E-state index is 0.00422. The van der Waals surface area contributed by atoms with Gasteiger partial charge < -0.3 is 75.9 Å². The number of H-pyrrole nitrogens is 1. The minimum atomic E-state index is -1.08. The van der Waals surface area contributed by atoms with Crippen molar-refractivity contribution in [3.63, 3.8) is 0 Å². The number of benzene rings is 2. The number of phenols is 3. The third-order valence-corrected chi connectivity index (χ3v) is 23.0. The molecule has 492 valence electrons. The number of allylic oxidation sites excluding steroid dienone is 2. The number of nitrogens with zero attached hydrogens (tertiary/aromatic N) is 3. The molecule has 2 saturated heterocycles. The predicted octanol–water partition coefficient (Wildman–Crippen LogP) is 9.31. The molecule has 14 atom stereocenters. The number of ether oxygens (including phenoxy) is 4. The van der Waals surface area contributed by atoms with E-state index in [0.717, 1.165) is 92.8 Å². The largest absolute Gasteiger partial charge is 0.504 e. The molecule has 8 heterocycles. The van der Waals surface area contributed by atoms with E-state index in [1.807, 2.05) is 30.5 Å². The molecule has 93 heavy (non-hydrogen) atoms. The Morgan fingerprint density at radius 3 is 2.63 bits per heavy atom. The number of guanidine groups is 1. The highest BCUT2D eigenvalue weighted by Gasteiger charge is 2.62. The molecule has 4 aliphatic carbocycles. The van der Waals surface area contributed by atoms with Gasteiger partial charge in [-0.2, -0.15) is 0 Å². The van der Waals surface area contributed by atoms with Gasteiger partial charge in [0.15, 0.2) is 29.0 Å². The van der Waals surface area contributed by atoms with E-state index in [0.29, 0.717) is 87.0 Å². The number of pyridine rings is 1. The van der Waals surface area contributed by atoms with Crippen LogP contribution < -0.4 is 41.8 Å². The van der Waals surface area contributed by atoms with E-state index in [-0.39, 0.29) is 58.8 Å². The zero-order chi connectivity index (χ0) is 63.9. The number of nitrogens with two attached hydrogens (primary N) is 1. The van der Waals surface area contributed by atoms with Crippen molar-refractivity contribution < 1.29 is 44.2 Å². The monoisotopic (exact) mass is 1260 g/mol. The third kappa shape index (κ3) is 12.3. The highest BCUT2D eigenvalue weighted by Crippen LogP contribution is 2.66. The number of hydrogen-bond acceptors (Lipinski definition) is 15. The Kier molecular flexibility index (Phi) is 17.6. The van der Waals surface area contributed by atoms with Crippen molar-refractivity contribution in [1.29, 1.82) is 0 Å². The maximum atomic E-state index is 13.7. The summed E-state index contributed by atoms with van der Waals surface area (Å²) < 4.78 is 29.4. The van der Waals surface area contributed by atoms with E-state index in [2.05, 4.69) is 102 Å². The van der Waals surface area contributed by atoms with E-state index in [1.165, 1.54) is 31.4 Å². The molecule has 9 aliphatic rings. The van der Waals surface area contributed by atoms with Gasteiger partial charge in [0.1, 0.15) is 24.6 Å². The van der Waals surface area contributed by atoms with Crippen molar-refractivity contribution in [1.82, 2.24) is 41.1 Å². The van der Waals surface area contributed by atoms with Crippen LogP contribution in [0.5, 0.6) is 28.7 Å². The second-order valence-corrected chi connectivity index (χ2v) is 28.5. The van der Waals surface area contributed by atoms with E-state index in [1.54, 1.807) is 24.5 Å². The predicted molar refractivity (Wildman–Crippen MR) is 354 cm³/mol. The fourth-order valence-corrected chi connectivity index (χ4v) is 18.6. The van der Waals surface area contributed by atoms with Crippen LogP contribution in [0.3, 0.4) is 0 Å². The van der Waals surface area contributed by atoms with Gasteiger partial charge in [-0.25, -0.2) is 0 Å². The summed E-state index contributed by atoms with van der Waals surface area (Å²) in [6, 6.07) is 14.6. The van der Waals surface area contributed by atoms with Gasteiger partial charge in [-0.15, -0.1) is 11.8 Å². The molecular formula is C74H92N10O9. The number of esters is 1. The van der Waals surface area contributed by atoms with E-state index < -0.39 is 65.6 Å². The van der Waals surface area contributed by atoms with Crippen LogP contribution in [0, 0.1) is 63.6 Å². The first kappa shape index (κ1) is 62.6. The molecule has 0 amide bonds. The number of phenolic OH excluding ortho intramolecular Hbond substituents is 3. The summed E-state index contributed by atoms with van der Waals surface area (Å²) in [5.74, 6) is 15.1. The molecule has 0 radical (unpaired) electrons. The maximum absolute atomic E-state index is 13.7. The number of rotatable bonds is 14. The van der Waals surface area contributed by atoms with Crippen LogP contribution in [0.2, 0.25) is 0 Å². The normalized spacial score (nSPS) is 33.3. The molecule has 4 bridgehead atoms. The fraction of sp³-hybridized carbons (Fsp3) is 0.554. The van der Waals surface area contributed by atoms with Crippen LogP contribution in [-0.4, -0.2) is 116 Å². The molecule has 3 aromatic heterocycles. The number of hydrogen-bond donors (Lipinski definition) is 11. The Morgan fingerprint density at radius 2 is 1.82 bits per heavy atom. The van der Waals surface area contributed by atoms with Gasteiger partial charge in [0, 0.05) is 111 Å². The number of aliphatic imine (C=N–C) groups is 1. The lowest BCUT2D eigenvalue weighted by Crippen LogP contribution is -2.75. The van der Waals surface area contributed by atoms with Crippen LogP contribution >= 0.6 is 0 Å². The molecule has 19 nitrogen and oxygen atoms in total. The highest BCUT2D eigenvalue weighted by molar-refractivity contribution is 5.83. The zero-order valence-electron chi connectivity index (χ0n) is 53.7. The van der Waals surface area contributed by atoms with E-state index >= 15 is 0 Å². The first-order valence-corrected chi connectivity index (χ1v) is 34.3. The van der Waals surface area contributed by atoms with Crippen molar-refractivity contribution in [3.05, 3.63) is 120 Å². The number of dihydropyridines is 1. The summed E-state index contributed by atoms with van der Waals surface area (Å²) in [7, 11) is 2.07. The van der Waals surface area contributed by atoms with Crippen LogP contribution in [0.25, 0.3) is 10.9 Å². The van der Waals surface area contributed by atoms with Crippen molar-refractivity contribution >= 4 is 22.8 Å². The third-order valence-electron chi connectivity index (χ3n) is 23.0. The molecule has 14 unspecified atom stereocenters. The Labute approximate surface area is 545 Å². The Balaban J connectivity index is 0.917. The SMILES string of the molecule is CNCC1CCC2(CCCC2)C1(CN=C1NC(n2cc3cc[nH]c3c2)C2C(O)NC3CCCCC3C#CCC3(C4CC(OC(C)=O)CC(c5cc(O)c(O)c(OCCc6cccnc6)c5)O4)CC#CC4C(CCCC42N1)Oc1cc(ccc1O)C3)CC1=CCNC(N)=C1. The number of aromatic nitrogens is 3. The summed E-state index contributed by atoms with van der Waals surface area (Å²) in [5, 5.41) is 68.5. The average molecular weight is 1270 g/mol. The van der Waals surface area contributed by atoms with Crippen molar-refractivity contribution in [2.75, 3.05) is 33.3 Å². The Morgan fingerprint density at radius 1 is 0.957 bits per heavy atom. The first-order valence-electron chi connectivity index (χ1n) is 34.3.